The van der Waals surface area contributed by atoms with E-state index in [1.54, 1.807) is 18.2 Å². The minimum Gasteiger partial charge on any atom is -0.299 e. The SMILES string of the molecule is O=C1CCCC(=O)C1Cc1c(Cl)cccc1Cl. The number of carbonyl (C=O) groups excluding carboxylic acids is 2. The van der Waals surface area contributed by atoms with Crippen LogP contribution in [0.1, 0.15) is 24.8 Å². The Kier molecular flexibility index (Phi) is 3.85. The Bertz CT molecular complexity index is 432. The molecule has 0 N–H and O–H groups in total. The van der Waals surface area contributed by atoms with Crippen LogP contribution in [0.5, 0.6) is 0 Å². The fourth-order valence-corrected chi connectivity index (χ4v) is 2.68. The first kappa shape index (κ1) is 12.6. The van der Waals surface area contributed by atoms with Crippen LogP contribution < -0.4 is 0 Å². The first-order valence-corrected chi connectivity index (χ1v) is 6.33. The highest BCUT2D eigenvalue weighted by atomic mass is 35.5. The molecule has 90 valence electrons. The molecule has 0 aromatic heterocycles. The summed E-state index contributed by atoms with van der Waals surface area (Å²) in [6, 6.07) is 5.19. The molecule has 0 radical (unpaired) electrons. The number of ketones is 2. The predicted molar refractivity (Wildman–Crippen MR) is 67.5 cm³/mol. The lowest BCUT2D eigenvalue weighted by atomic mass is 9.82. The van der Waals surface area contributed by atoms with Gasteiger partial charge < -0.3 is 0 Å². The summed E-state index contributed by atoms with van der Waals surface area (Å²) in [4.78, 5) is 23.4. The van der Waals surface area contributed by atoms with Crippen LogP contribution in [0.4, 0.5) is 0 Å². The molecule has 2 rings (SSSR count). The lowest BCUT2D eigenvalue weighted by Gasteiger charge is -2.20. The topological polar surface area (TPSA) is 34.1 Å². The van der Waals surface area contributed by atoms with Crippen molar-refractivity contribution in [3.8, 4) is 0 Å². The molecular weight excluding hydrogens is 259 g/mol. The largest absolute Gasteiger partial charge is 0.299 e. The van der Waals surface area contributed by atoms with E-state index in [2.05, 4.69) is 0 Å². The fourth-order valence-electron chi connectivity index (χ4n) is 2.12. The predicted octanol–water partition coefficient (Wildman–Crippen LogP) is 3.47. The Labute approximate surface area is 110 Å². The van der Waals surface area contributed by atoms with Crippen molar-refractivity contribution in [1.29, 1.82) is 0 Å². The van der Waals surface area contributed by atoms with Gasteiger partial charge in [0.15, 0.2) is 0 Å². The molecule has 0 aliphatic heterocycles. The van der Waals surface area contributed by atoms with Gasteiger partial charge in [0.25, 0.3) is 0 Å². The maximum absolute atomic E-state index is 11.7. The molecule has 4 heteroatoms. The average Bonchev–Trinajstić information content (AvgIpc) is 2.27. The van der Waals surface area contributed by atoms with Crippen molar-refractivity contribution in [2.45, 2.75) is 25.7 Å². The minimum absolute atomic E-state index is 0.0113. The molecule has 0 atom stereocenters. The highest BCUT2D eigenvalue weighted by Gasteiger charge is 2.30. The third-order valence-electron chi connectivity index (χ3n) is 3.09. The molecular formula is C13H12Cl2O2. The summed E-state index contributed by atoms with van der Waals surface area (Å²) in [6.07, 6.45) is 1.97. The molecule has 0 amide bonds. The fraction of sp³-hybridized carbons (Fsp3) is 0.385. The van der Waals surface area contributed by atoms with Gasteiger partial charge in [0.05, 0.1) is 5.92 Å². The monoisotopic (exact) mass is 270 g/mol. The summed E-state index contributed by atoms with van der Waals surface area (Å²) in [5, 5.41) is 1.03. The summed E-state index contributed by atoms with van der Waals surface area (Å²) < 4.78 is 0. The third-order valence-corrected chi connectivity index (χ3v) is 3.80. The molecule has 1 aromatic carbocycles. The van der Waals surface area contributed by atoms with Crippen LogP contribution in [0, 0.1) is 5.92 Å². The Morgan fingerprint density at radius 1 is 1.06 bits per heavy atom. The highest BCUT2D eigenvalue weighted by Crippen LogP contribution is 2.29. The minimum atomic E-state index is -0.554. The maximum atomic E-state index is 11.7. The molecule has 0 bridgehead atoms. The van der Waals surface area contributed by atoms with Crippen molar-refractivity contribution >= 4 is 34.8 Å². The molecule has 0 unspecified atom stereocenters. The summed E-state index contributed by atoms with van der Waals surface area (Å²) in [7, 11) is 0. The Balaban J connectivity index is 2.25. The summed E-state index contributed by atoms with van der Waals surface area (Å²) in [5.74, 6) is -0.532. The van der Waals surface area contributed by atoms with Gasteiger partial charge in [-0.3, -0.25) is 9.59 Å². The number of halogens is 2. The summed E-state index contributed by atoms with van der Waals surface area (Å²) in [6.45, 7) is 0. The first-order chi connectivity index (χ1) is 8.09. The molecule has 1 fully saturated rings. The van der Waals surface area contributed by atoms with Crippen molar-refractivity contribution in [1.82, 2.24) is 0 Å². The number of benzene rings is 1. The van der Waals surface area contributed by atoms with Crippen LogP contribution in [0.3, 0.4) is 0 Å². The Hall–Kier alpha value is -0.860. The molecule has 0 spiro atoms. The quantitative estimate of drug-likeness (QED) is 0.772. The zero-order valence-corrected chi connectivity index (χ0v) is 10.7. The van der Waals surface area contributed by atoms with E-state index in [9.17, 15) is 9.59 Å². The van der Waals surface area contributed by atoms with Gasteiger partial charge in [-0.05, 0) is 30.5 Å². The van der Waals surface area contributed by atoms with Crippen molar-refractivity contribution in [3.63, 3.8) is 0 Å². The number of rotatable bonds is 2. The second-order valence-corrected chi connectivity index (χ2v) is 5.06. The summed E-state index contributed by atoms with van der Waals surface area (Å²) >= 11 is 12.1. The second-order valence-electron chi connectivity index (χ2n) is 4.24. The molecule has 2 nitrogen and oxygen atoms in total. The first-order valence-electron chi connectivity index (χ1n) is 5.58. The van der Waals surface area contributed by atoms with Crippen LogP contribution in [-0.4, -0.2) is 11.6 Å². The number of hydrogen-bond donors (Lipinski definition) is 0. The lowest BCUT2D eigenvalue weighted by molar-refractivity contribution is -0.135. The van der Waals surface area contributed by atoms with Gasteiger partial charge in [-0.25, -0.2) is 0 Å². The normalized spacial score (nSPS) is 17.5. The van der Waals surface area contributed by atoms with Gasteiger partial charge >= 0.3 is 0 Å². The van der Waals surface area contributed by atoms with Crippen LogP contribution in [0.2, 0.25) is 10.0 Å². The van der Waals surface area contributed by atoms with E-state index in [1.165, 1.54) is 0 Å². The average molecular weight is 271 g/mol. The van der Waals surface area contributed by atoms with Crippen molar-refractivity contribution < 1.29 is 9.59 Å². The van der Waals surface area contributed by atoms with Crippen LogP contribution >= 0.6 is 23.2 Å². The van der Waals surface area contributed by atoms with Gasteiger partial charge in [-0.15, -0.1) is 0 Å². The number of hydrogen-bond acceptors (Lipinski definition) is 2. The molecule has 0 saturated heterocycles. The molecule has 0 heterocycles. The van der Waals surface area contributed by atoms with Crippen molar-refractivity contribution in [3.05, 3.63) is 33.8 Å². The number of carbonyl (C=O) groups is 2. The van der Waals surface area contributed by atoms with Gasteiger partial charge in [0.2, 0.25) is 0 Å². The Morgan fingerprint density at radius 2 is 1.59 bits per heavy atom. The maximum Gasteiger partial charge on any atom is 0.143 e. The second kappa shape index (κ2) is 5.19. The van der Waals surface area contributed by atoms with E-state index in [1.807, 2.05) is 0 Å². The molecule has 1 aromatic rings. The smallest absolute Gasteiger partial charge is 0.143 e. The third kappa shape index (κ3) is 2.70. The zero-order valence-electron chi connectivity index (χ0n) is 9.21. The molecule has 17 heavy (non-hydrogen) atoms. The van der Waals surface area contributed by atoms with Gasteiger partial charge in [-0.1, -0.05) is 29.3 Å². The van der Waals surface area contributed by atoms with E-state index >= 15 is 0 Å². The lowest BCUT2D eigenvalue weighted by Crippen LogP contribution is -2.30. The van der Waals surface area contributed by atoms with E-state index in [4.69, 9.17) is 23.2 Å². The molecule has 1 saturated carbocycles. The van der Waals surface area contributed by atoms with Crippen molar-refractivity contribution in [2.75, 3.05) is 0 Å². The van der Waals surface area contributed by atoms with Gasteiger partial charge in [-0.2, -0.15) is 0 Å². The Morgan fingerprint density at radius 3 is 2.12 bits per heavy atom. The zero-order chi connectivity index (χ0) is 12.4. The van der Waals surface area contributed by atoms with Crippen LogP contribution in [0.25, 0.3) is 0 Å². The van der Waals surface area contributed by atoms with Crippen LogP contribution in [0.15, 0.2) is 18.2 Å². The van der Waals surface area contributed by atoms with Gasteiger partial charge in [0, 0.05) is 22.9 Å². The molecule has 1 aliphatic carbocycles. The summed E-state index contributed by atoms with van der Waals surface area (Å²) in [5.41, 5.74) is 0.699. The van der Waals surface area contributed by atoms with E-state index in [-0.39, 0.29) is 11.6 Å². The van der Waals surface area contributed by atoms with E-state index in [0.717, 1.165) is 0 Å². The van der Waals surface area contributed by atoms with Crippen LogP contribution in [-0.2, 0) is 16.0 Å². The van der Waals surface area contributed by atoms with E-state index in [0.29, 0.717) is 41.3 Å². The molecule has 1 aliphatic rings. The standard InChI is InChI=1S/C13H12Cl2O2/c14-10-3-1-4-11(15)8(10)7-9-12(16)5-2-6-13(9)17/h1,3-4,9H,2,5-7H2. The highest BCUT2D eigenvalue weighted by molar-refractivity contribution is 6.36. The van der Waals surface area contributed by atoms with Gasteiger partial charge in [0.1, 0.15) is 11.6 Å². The van der Waals surface area contributed by atoms with Crippen molar-refractivity contribution in [2.24, 2.45) is 5.92 Å². The van der Waals surface area contributed by atoms with E-state index < -0.39 is 5.92 Å². The number of Topliss-reactive ketones (excluding diaryl/α,β-unsaturated/α-hetero) is 2.